The zero-order chi connectivity index (χ0) is 14.6. The molecule has 0 saturated heterocycles. The van der Waals surface area contributed by atoms with Crippen LogP contribution in [0.25, 0.3) is 0 Å². The number of hydrogen-bond acceptors (Lipinski definition) is 4. The number of nitrogens with two attached hydrogens (primary N) is 1. The van der Waals surface area contributed by atoms with Gasteiger partial charge < -0.3 is 21.5 Å². The monoisotopic (exact) mass is 265 g/mol. The molecule has 19 heavy (non-hydrogen) atoms. The molecule has 1 aromatic rings. The van der Waals surface area contributed by atoms with Gasteiger partial charge in [-0.3, -0.25) is 4.79 Å². The number of nitrogen functional groups attached to an aromatic ring is 1. The second-order valence-electron chi connectivity index (χ2n) is 4.60. The molecular weight excluding hydrogens is 246 g/mol. The number of carbonyl (C=O) groups excluding carboxylic acids is 1. The average molecular weight is 265 g/mol. The fourth-order valence-electron chi connectivity index (χ4n) is 1.59. The van der Waals surface area contributed by atoms with Crippen LogP contribution in [0.4, 0.5) is 11.4 Å². The lowest BCUT2D eigenvalue weighted by molar-refractivity contribution is -0.122. The molecule has 0 radical (unpaired) electrons. The van der Waals surface area contributed by atoms with Crippen molar-refractivity contribution in [2.45, 2.75) is 32.9 Å². The van der Waals surface area contributed by atoms with E-state index in [-0.39, 0.29) is 23.2 Å². The quantitative estimate of drug-likeness (QED) is 0.600. The highest BCUT2D eigenvalue weighted by molar-refractivity contribution is 5.97. The molecule has 1 rings (SSSR count). The number of anilines is 2. The van der Waals surface area contributed by atoms with Gasteiger partial charge in [0.25, 0.3) is 0 Å². The van der Waals surface area contributed by atoms with Crippen molar-refractivity contribution >= 4 is 23.3 Å². The van der Waals surface area contributed by atoms with Crippen molar-refractivity contribution in [2.75, 3.05) is 11.1 Å². The number of carbonyl (C=O) groups is 2. The highest BCUT2D eigenvalue weighted by atomic mass is 16.4. The molecule has 0 aliphatic carbocycles. The van der Waals surface area contributed by atoms with Gasteiger partial charge in [0.2, 0.25) is 5.91 Å². The molecule has 0 spiro atoms. The smallest absolute Gasteiger partial charge is 0.337 e. The molecule has 0 saturated carbocycles. The number of carboxylic acids is 1. The van der Waals surface area contributed by atoms with E-state index in [1.807, 2.05) is 13.8 Å². The predicted octanol–water partition coefficient (Wildman–Crippen LogP) is 1.29. The second kappa shape index (κ2) is 6.08. The maximum Gasteiger partial charge on any atom is 0.337 e. The summed E-state index contributed by atoms with van der Waals surface area (Å²) in [4.78, 5) is 22.7. The first-order valence-corrected chi connectivity index (χ1v) is 6.01. The van der Waals surface area contributed by atoms with E-state index in [1.165, 1.54) is 6.07 Å². The van der Waals surface area contributed by atoms with Gasteiger partial charge in [-0.15, -0.1) is 0 Å². The van der Waals surface area contributed by atoms with Crippen molar-refractivity contribution in [1.29, 1.82) is 0 Å². The standard InChI is InChI=1S/C13H19N3O3/c1-7(2)15-12(17)8(3)16-10-6-4-5-9(11(10)14)13(18)19/h4-8,16H,14H2,1-3H3,(H,15,17)(H,18,19). The Morgan fingerprint density at radius 3 is 2.42 bits per heavy atom. The molecule has 1 unspecified atom stereocenters. The second-order valence-corrected chi connectivity index (χ2v) is 4.60. The van der Waals surface area contributed by atoms with Crippen LogP contribution in [0.3, 0.4) is 0 Å². The van der Waals surface area contributed by atoms with Crippen molar-refractivity contribution in [3.8, 4) is 0 Å². The lowest BCUT2D eigenvalue weighted by Crippen LogP contribution is -2.41. The fraction of sp³-hybridized carbons (Fsp3) is 0.385. The van der Waals surface area contributed by atoms with E-state index in [4.69, 9.17) is 10.8 Å². The Hall–Kier alpha value is -2.24. The molecule has 0 fully saturated rings. The fourth-order valence-corrected chi connectivity index (χ4v) is 1.59. The summed E-state index contributed by atoms with van der Waals surface area (Å²) in [7, 11) is 0. The van der Waals surface area contributed by atoms with Gasteiger partial charge >= 0.3 is 5.97 Å². The van der Waals surface area contributed by atoms with E-state index >= 15 is 0 Å². The molecule has 1 amide bonds. The Morgan fingerprint density at radius 1 is 1.26 bits per heavy atom. The van der Waals surface area contributed by atoms with Crippen molar-refractivity contribution in [3.63, 3.8) is 0 Å². The summed E-state index contributed by atoms with van der Waals surface area (Å²) in [6.45, 7) is 5.42. The van der Waals surface area contributed by atoms with Crippen LogP contribution in [0.1, 0.15) is 31.1 Å². The summed E-state index contributed by atoms with van der Waals surface area (Å²) in [5.74, 6) is -1.27. The first kappa shape index (κ1) is 14.8. The molecule has 1 atom stereocenters. The van der Waals surface area contributed by atoms with Gasteiger partial charge in [0.1, 0.15) is 6.04 Å². The maximum atomic E-state index is 11.8. The number of benzene rings is 1. The SMILES string of the molecule is CC(C)NC(=O)C(C)Nc1cccc(C(=O)O)c1N. The first-order valence-electron chi connectivity index (χ1n) is 6.01. The Labute approximate surface area is 112 Å². The highest BCUT2D eigenvalue weighted by Gasteiger charge is 2.16. The third-order valence-corrected chi connectivity index (χ3v) is 2.53. The largest absolute Gasteiger partial charge is 0.478 e. The molecule has 0 aliphatic heterocycles. The summed E-state index contributed by atoms with van der Waals surface area (Å²) >= 11 is 0. The number of para-hydroxylation sites is 1. The maximum absolute atomic E-state index is 11.8. The molecule has 104 valence electrons. The number of aromatic carboxylic acids is 1. The van der Waals surface area contributed by atoms with Crippen LogP contribution in [0.15, 0.2) is 18.2 Å². The van der Waals surface area contributed by atoms with E-state index in [2.05, 4.69) is 10.6 Å². The minimum absolute atomic E-state index is 0.0152. The van der Waals surface area contributed by atoms with E-state index in [0.717, 1.165) is 0 Å². The summed E-state index contributed by atoms with van der Waals surface area (Å²) in [6, 6.07) is 4.17. The molecular formula is C13H19N3O3. The van der Waals surface area contributed by atoms with Crippen molar-refractivity contribution in [2.24, 2.45) is 0 Å². The molecule has 0 aromatic heterocycles. The minimum Gasteiger partial charge on any atom is -0.478 e. The lowest BCUT2D eigenvalue weighted by Gasteiger charge is -2.18. The number of amides is 1. The summed E-state index contributed by atoms with van der Waals surface area (Å²) < 4.78 is 0. The van der Waals surface area contributed by atoms with Gasteiger partial charge in [-0.05, 0) is 32.9 Å². The van der Waals surface area contributed by atoms with Gasteiger partial charge in [-0.25, -0.2) is 4.79 Å². The number of carboxylic acid groups (broad SMARTS) is 1. The van der Waals surface area contributed by atoms with Crippen LogP contribution in [-0.2, 0) is 4.79 Å². The molecule has 0 heterocycles. The topological polar surface area (TPSA) is 104 Å². The number of nitrogens with one attached hydrogen (secondary N) is 2. The van der Waals surface area contributed by atoms with Crippen molar-refractivity contribution < 1.29 is 14.7 Å². The van der Waals surface area contributed by atoms with Gasteiger partial charge in [0.15, 0.2) is 0 Å². The summed E-state index contributed by atoms with van der Waals surface area (Å²) in [5, 5.41) is 14.6. The van der Waals surface area contributed by atoms with Crippen LogP contribution in [0.2, 0.25) is 0 Å². The Bertz CT molecular complexity index is 486. The zero-order valence-electron chi connectivity index (χ0n) is 11.2. The summed E-state index contributed by atoms with van der Waals surface area (Å²) in [6.07, 6.45) is 0. The van der Waals surface area contributed by atoms with Gasteiger partial charge in [-0.1, -0.05) is 6.07 Å². The highest BCUT2D eigenvalue weighted by Crippen LogP contribution is 2.23. The Kier molecular flexibility index (Phi) is 4.74. The number of rotatable bonds is 5. The van der Waals surface area contributed by atoms with Crippen molar-refractivity contribution in [1.82, 2.24) is 5.32 Å². The normalized spacial score (nSPS) is 12.0. The third kappa shape index (κ3) is 3.87. The molecule has 6 heteroatoms. The van der Waals surface area contributed by atoms with Crippen LogP contribution >= 0.6 is 0 Å². The Morgan fingerprint density at radius 2 is 1.89 bits per heavy atom. The Balaban J connectivity index is 2.85. The van der Waals surface area contributed by atoms with Crippen molar-refractivity contribution in [3.05, 3.63) is 23.8 Å². The first-order chi connectivity index (χ1) is 8.82. The summed E-state index contributed by atoms with van der Waals surface area (Å²) in [5.41, 5.74) is 6.33. The van der Waals surface area contributed by atoms with Crippen LogP contribution in [0.5, 0.6) is 0 Å². The van der Waals surface area contributed by atoms with Gasteiger partial charge in [0, 0.05) is 6.04 Å². The van der Waals surface area contributed by atoms with Gasteiger partial charge in [-0.2, -0.15) is 0 Å². The molecule has 6 nitrogen and oxygen atoms in total. The molecule has 0 bridgehead atoms. The van der Waals surface area contributed by atoms with Crippen LogP contribution < -0.4 is 16.4 Å². The van der Waals surface area contributed by atoms with Crippen LogP contribution in [0, 0.1) is 0 Å². The molecule has 0 aliphatic rings. The van der Waals surface area contributed by atoms with E-state index in [9.17, 15) is 9.59 Å². The molecule has 5 N–H and O–H groups in total. The van der Waals surface area contributed by atoms with Gasteiger partial charge in [0.05, 0.1) is 16.9 Å². The molecule has 1 aromatic carbocycles. The average Bonchev–Trinajstić information content (AvgIpc) is 2.30. The van der Waals surface area contributed by atoms with E-state index in [0.29, 0.717) is 5.69 Å². The minimum atomic E-state index is -1.10. The number of hydrogen-bond donors (Lipinski definition) is 4. The van der Waals surface area contributed by atoms with E-state index < -0.39 is 12.0 Å². The predicted molar refractivity (Wildman–Crippen MR) is 74.2 cm³/mol. The lowest BCUT2D eigenvalue weighted by atomic mass is 10.1. The zero-order valence-corrected chi connectivity index (χ0v) is 11.2. The van der Waals surface area contributed by atoms with E-state index in [1.54, 1.807) is 19.1 Å². The third-order valence-electron chi connectivity index (χ3n) is 2.53. The van der Waals surface area contributed by atoms with Crippen LogP contribution in [-0.4, -0.2) is 29.1 Å².